The first-order valence-corrected chi connectivity index (χ1v) is 2.25. The molecule has 0 bridgehead atoms. The van der Waals surface area contributed by atoms with Crippen molar-refractivity contribution in [3.8, 4) is 10.8 Å². The van der Waals surface area contributed by atoms with E-state index in [1.807, 2.05) is 0 Å². The van der Waals surface area contributed by atoms with Gasteiger partial charge in [0.2, 0.25) is 0 Å². The van der Waals surface area contributed by atoms with Gasteiger partial charge in [-0.1, -0.05) is 10.8 Å². The van der Waals surface area contributed by atoms with Crippen LogP contribution in [0.1, 0.15) is 0 Å². The molecule has 0 aromatic heterocycles. The van der Waals surface area contributed by atoms with Gasteiger partial charge < -0.3 is 49.9 Å². The van der Waals surface area contributed by atoms with Crippen LogP contribution in [-0.2, 0) is 42.0 Å². The summed E-state index contributed by atoms with van der Waals surface area (Å²) < 4.78 is 0. The molecule has 0 unspecified atom stereocenters. The van der Waals surface area contributed by atoms with Crippen LogP contribution in [0.5, 0.6) is 0 Å². The second-order valence-electron chi connectivity index (χ2n) is 0.435. The molecule has 10 N–H and O–H groups in total. The Morgan fingerprint density at radius 3 is 0.933 bits per heavy atom. The molecule has 0 saturated heterocycles. The van der Waals surface area contributed by atoms with Crippen molar-refractivity contribution in [1.29, 1.82) is 10.5 Å². The number of nitriles is 2. The zero-order valence-electron chi connectivity index (χ0n) is 7.10. The number of nitrogens with zero attached hydrogens (tertiary/aromatic N) is 3. The largest absolute Gasteiger partial charge is 3.00 e. The van der Waals surface area contributed by atoms with Gasteiger partial charge in [-0.3, -0.25) is 0 Å². The van der Waals surface area contributed by atoms with Crippen molar-refractivity contribution in [3.05, 3.63) is 29.5 Å². The Hall–Kier alpha value is -1.03. The number of thiocyanates is 2. The molecule has 0 aliphatic heterocycles. The van der Waals surface area contributed by atoms with Crippen molar-refractivity contribution in [2.24, 2.45) is 0 Å². The third-order valence-electron chi connectivity index (χ3n) is 0. The van der Waals surface area contributed by atoms with Gasteiger partial charge in [0.25, 0.3) is 0 Å². The summed E-state index contributed by atoms with van der Waals surface area (Å²) in [5.74, 6) is 0. The molecule has 0 saturated carbocycles. The summed E-state index contributed by atoms with van der Waals surface area (Å²) in [6.45, 7) is 0. The number of rotatable bonds is 0. The van der Waals surface area contributed by atoms with Crippen LogP contribution in [0.25, 0.3) is 24.6 Å². The van der Waals surface area contributed by atoms with E-state index in [0.29, 0.717) is 0 Å². The van der Waals surface area contributed by atoms with Crippen LogP contribution in [0, 0.1) is 26.2 Å². The van der Waals surface area contributed by atoms with Gasteiger partial charge in [0.05, 0.1) is 0 Å². The molecular weight excluding hydrogens is 293 g/mol. The maximum absolute atomic E-state index is 8.47. The smallest absolute Gasteiger partial charge is 0.696 e. The normalized spacial score (nSPS) is 2.53. The Morgan fingerprint density at radius 1 is 0.933 bits per heavy atom. The molecule has 94 valence electrons. The third-order valence-corrected chi connectivity index (χ3v) is 0. The quantitative estimate of drug-likeness (QED) is 0.383. The van der Waals surface area contributed by atoms with E-state index in [1.165, 1.54) is 10.8 Å². The van der Waals surface area contributed by atoms with E-state index < -0.39 is 5.09 Å². The van der Waals surface area contributed by atoms with E-state index in [2.05, 4.69) is 25.3 Å². The molecule has 0 aliphatic rings. The summed E-state index contributed by atoms with van der Waals surface area (Å²) >= 11 is 7.40. The van der Waals surface area contributed by atoms with Crippen molar-refractivity contribution in [1.82, 2.24) is 0 Å². The van der Waals surface area contributed by atoms with Crippen LogP contribution in [0.3, 0.4) is 0 Å². The Bertz CT molecular complexity index is 141. The van der Waals surface area contributed by atoms with Crippen molar-refractivity contribution in [3.63, 3.8) is 0 Å². The van der Waals surface area contributed by atoms with E-state index in [-0.39, 0.29) is 41.4 Å². The van der Waals surface area contributed by atoms with Crippen molar-refractivity contribution < 1.29 is 32.3 Å². The molecule has 0 atom stereocenters. The molecule has 0 heterocycles. The minimum atomic E-state index is -1.25. The fourth-order valence-corrected chi connectivity index (χ4v) is 0. The summed E-state index contributed by atoms with van der Waals surface area (Å²) in [6, 6.07) is 0. The number of hydrogen-bond acceptors (Lipinski definition) is 5. The molecule has 10 nitrogen and oxygen atoms in total. The summed E-state index contributed by atoms with van der Waals surface area (Å²) in [5.41, 5.74) is 0. The summed E-state index contributed by atoms with van der Waals surface area (Å²) in [7, 11) is 0. The molecule has 0 spiro atoms. The van der Waals surface area contributed by atoms with Gasteiger partial charge in [-0.2, -0.15) is 0 Å². The second kappa shape index (κ2) is 118. The van der Waals surface area contributed by atoms with E-state index in [0.717, 1.165) is 0 Å². The zero-order valence-corrected chi connectivity index (χ0v) is 9.78. The van der Waals surface area contributed by atoms with Crippen molar-refractivity contribution in [2.45, 2.75) is 0 Å². The minimum Gasteiger partial charge on any atom is -0.696 e. The SMILES string of the molecule is N#C[S-].N#C[S-].O=[N+](O)O.[Co+3].[NH2-].[NH2-].[NH2-].[NH2-]. The van der Waals surface area contributed by atoms with Gasteiger partial charge >= 0.3 is 21.9 Å². The summed E-state index contributed by atoms with van der Waals surface area (Å²) in [4.78, 5) is 8.47. The molecular formula is C2H10CoN7O3S2-2. The van der Waals surface area contributed by atoms with Crippen LogP contribution in [0.4, 0.5) is 0 Å². The maximum Gasteiger partial charge on any atom is 3.00 e. The summed E-state index contributed by atoms with van der Waals surface area (Å²) in [5, 5.41) is 29.5. The predicted octanol–water partition coefficient (Wildman–Crippen LogP) is 2.44. The number of nitrogens with two attached hydrogens (primary N) is 4. The van der Waals surface area contributed by atoms with Crippen LogP contribution in [-0.4, -0.2) is 15.5 Å². The molecule has 0 amide bonds. The van der Waals surface area contributed by atoms with E-state index in [9.17, 15) is 0 Å². The molecule has 0 fully saturated rings. The first kappa shape index (κ1) is 66.0. The van der Waals surface area contributed by atoms with Crippen LogP contribution in [0.2, 0.25) is 0 Å². The molecule has 0 radical (unpaired) electrons. The Morgan fingerprint density at radius 2 is 0.933 bits per heavy atom. The average molecular weight is 303 g/mol. The van der Waals surface area contributed by atoms with Crippen LogP contribution >= 0.6 is 0 Å². The van der Waals surface area contributed by atoms with Gasteiger partial charge in [-0.05, 0) is 0 Å². The van der Waals surface area contributed by atoms with Crippen LogP contribution < -0.4 is 0 Å². The fraction of sp³-hybridized carbons (Fsp3) is 0. The topological polar surface area (TPSA) is 242 Å². The van der Waals surface area contributed by atoms with Crippen molar-refractivity contribution in [2.75, 3.05) is 0 Å². The Kier molecular flexibility index (Phi) is 519. The molecule has 0 aromatic carbocycles. The van der Waals surface area contributed by atoms with Gasteiger partial charge in [-0.25, -0.2) is 20.9 Å². The summed E-state index contributed by atoms with van der Waals surface area (Å²) in [6.07, 6.45) is 0. The van der Waals surface area contributed by atoms with Gasteiger partial charge in [-0.15, -0.1) is 0 Å². The van der Waals surface area contributed by atoms with Gasteiger partial charge in [0.15, 0.2) is 0 Å². The molecule has 15 heavy (non-hydrogen) atoms. The second-order valence-corrected chi connectivity index (χ2v) is 0.800. The van der Waals surface area contributed by atoms with E-state index >= 15 is 0 Å². The van der Waals surface area contributed by atoms with Crippen molar-refractivity contribution >= 4 is 25.3 Å². The monoisotopic (exact) mass is 303 g/mol. The predicted molar refractivity (Wildman–Crippen MR) is 54.3 cm³/mol. The van der Waals surface area contributed by atoms with E-state index in [1.54, 1.807) is 0 Å². The first-order valence-electron chi connectivity index (χ1n) is 1.44. The molecule has 0 rings (SSSR count). The fourth-order valence-electron chi connectivity index (χ4n) is 0. The zero-order chi connectivity index (χ0) is 8.99. The third kappa shape index (κ3) is 1460. The molecule has 0 aromatic rings. The average Bonchev–Trinajstić information content (AvgIpc) is 1.65. The minimum absolute atomic E-state index is 0. The molecule has 0 aliphatic carbocycles. The maximum atomic E-state index is 8.47. The van der Waals surface area contributed by atoms with E-state index in [4.69, 9.17) is 25.8 Å². The Labute approximate surface area is 108 Å². The first-order chi connectivity index (χ1) is 4.56. The molecule has 13 heteroatoms. The van der Waals surface area contributed by atoms with Gasteiger partial charge in [0, 0.05) is 0 Å². The standard InChI is InChI=1S/2CHNS.Co.H2NO3.4H2N/c2*2-1-3;;2-1(3)4;;;;/h2*3H;;(H2,2,3,4);4*1H2/q;;+3;+1;4*-1/p-2. The van der Waals surface area contributed by atoms with Crippen LogP contribution in [0.15, 0.2) is 0 Å². The van der Waals surface area contributed by atoms with Gasteiger partial charge in [0.1, 0.15) is 4.91 Å². The number of hydrogen-bond donors (Lipinski definition) is 2. The Balaban J connectivity index is -0.00000000707.